The van der Waals surface area contributed by atoms with Crippen LogP contribution in [0.15, 0.2) is 53.3 Å². The summed E-state index contributed by atoms with van der Waals surface area (Å²) in [4.78, 5) is 19.1. The van der Waals surface area contributed by atoms with E-state index in [2.05, 4.69) is 25.4 Å². The lowest BCUT2D eigenvalue weighted by Crippen LogP contribution is -2.47. The number of aromatic nitrogens is 5. The average Bonchev–Trinajstić information content (AvgIpc) is 3.38. The molecule has 0 unspecified atom stereocenters. The fourth-order valence-electron chi connectivity index (χ4n) is 6.49. The number of likely N-dealkylation sites (tertiary alicyclic amines) is 1. The van der Waals surface area contributed by atoms with Crippen LogP contribution in [0.5, 0.6) is 5.75 Å². The Labute approximate surface area is 220 Å². The maximum atomic E-state index is 13.6. The van der Waals surface area contributed by atoms with E-state index in [1.54, 1.807) is 23.9 Å². The van der Waals surface area contributed by atoms with E-state index >= 15 is 0 Å². The molecule has 1 aliphatic heterocycles. The number of tetrazole rings is 1. The average molecular weight is 517 g/mol. The van der Waals surface area contributed by atoms with Gasteiger partial charge in [0.1, 0.15) is 17.6 Å². The van der Waals surface area contributed by atoms with Gasteiger partial charge in [0.25, 0.3) is 5.56 Å². The second kappa shape index (κ2) is 10.3. The number of halogens is 1. The van der Waals surface area contributed by atoms with Gasteiger partial charge in [0.2, 0.25) is 0 Å². The van der Waals surface area contributed by atoms with Crippen LogP contribution < -0.4 is 10.3 Å². The highest BCUT2D eigenvalue weighted by molar-refractivity contribution is 5.80. The Morgan fingerprint density at radius 3 is 2.63 bits per heavy atom. The summed E-state index contributed by atoms with van der Waals surface area (Å²) < 4.78 is 20.6. The van der Waals surface area contributed by atoms with Gasteiger partial charge in [-0.2, -0.15) is 0 Å². The van der Waals surface area contributed by atoms with Gasteiger partial charge in [0, 0.05) is 18.2 Å². The van der Waals surface area contributed by atoms with Crippen molar-refractivity contribution < 1.29 is 9.13 Å². The highest BCUT2D eigenvalue weighted by atomic mass is 19.1. The van der Waals surface area contributed by atoms with Crippen molar-refractivity contribution >= 4 is 10.9 Å². The minimum absolute atomic E-state index is 0.157. The number of hydrogen-bond donors (Lipinski definition) is 1. The highest BCUT2D eigenvalue weighted by Crippen LogP contribution is 2.45. The Hall–Kier alpha value is -3.59. The van der Waals surface area contributed by atoms with Crippen molar-refractivity contribution in [1.29, 1.82) is 0 Å². The number of nitrogens with one attached hydrogen (secondary N) is 1. The maximum Gasteiger partial charge on any atom is 0.253 e. The topological polar surface area (TPSA) is 88.9 Å². The van der Waals surface area contributed by atoms with Crippen LogP contribution in [-0.4, -0.2) is 50.3 Å². The molecule has 4 aromatic rings. The number of fused-ring (bicyclic) bond motifs is 1. The molecule has 6 rings (SSSR count). The lowest BCUT2D eigenvalue weighted by Gasteiger charge is -2.47. The minimum atomic E-state index is -0.403. The molecule has 2 aliphatic rings. The molecule has 3 heterocycles. The first kappa shape index (κ1) is 24.7. The normalized spacial score (nSPS) is 18.6. The zero-order valence-electron chi connectivity index (χ0n) is 21.7. The van der Waals surface area contributed by atoms with Gasteiger partial charge >= 0.3 is 0 Å². The highest BCUT2D eigenvalue weighted by Gasteiger charge is 2.41. The second-order valence-corrected chi connectivity index (χ2v) is 10.9. The Balaban J connectivity index is 1.44. The van der Waals surface area contributed by atoms with Crippen molar-refractivity contribution in [3.8, 4) is 5.75 Å². The van der Waals surface area contributed by atoms with E-state index in [1.807, 2.05) is 24.3 Å². The minimum Gasteiger partial charge on any atom is -0.497 e. The third kappa shape index (κ3) is 4.82. The molecule has 2 fully saturated rings. The number of benzene rings is 2. The van der Waals surface area contributed by atoms with E-state index in [4.69, 9.17) is 4.74 Å². The lowest BCUT2D eigenvalue weighted by molar-refractivity contribution is 0.0340. The maximum absolute atomic E-state index is 13.6. The Kier molecular flexibility index (Phi) is 6.69. The third-order valence-electron chi connectivity index (χ3n) is 8.40. The predicted octanol–water partition coefficient (Wildman–Crippen LogP) is 4.85. The standard InChI is InChI=1S/C29H33FN6O2/c1-38-23-11-8-21-16-24(28(37)31-25(21)17-23)26(35-15-5-14-29(19-35)12-3-2-4-13-29)27-32-33-34-36(27)18-20-6-9-22(30)10-7-20/h6-11,16-17,26H,2-5,12-15,18-19H2,1H3,(H,31,37)/t26-/m0/s1. The predicted molar refractivity (Wildman–Crippen MR) is 143 cm³/mol. The number of H-pyrrole nitrogens is 1. The van der Waals surface area contributed by atoms with Crippen molar-refractivity contribution in [3.05, 3.63) is 81.7 Å². The summed E-state index contributed by atoms with van der Waals surface area (Å²) in [7, 11) is 1.61. The molecule has 2 aromatic heterocycles. The first-order valence-electron chi connectivity index (χ1n) is 13.5. The molecule has 0 bridgehead atoms. The van der Waals surface area contributed by atoms with Crippen LogP contribution in [0.3, 0.4) is 0 Å². The Morgan fingerprint density at radius 2 is 1.84 bits per heavy atom. The van der Waals surface area contributed by atoms with E-state index in [-0.39, 0.29) is 16.8 Å². The summed E-state index contributed by atoms with van der Waals surface area (Å²) in [5, 5.41) is 13.7. The number of nitrogens with zero attached hydrogens (tertiary/aromatic N) is 5. The van der Waals surface area contributed by atoms with Crippen molar-refractivity contribution in [2.45, 2.75) is 57.5 Å². The lowest BCUT2D eigenvalue weighted by atomic mass is 9.69. The molecule has 1 N–H and O–H groups in total. The van der Waals surface area contributed by atoms with E-state index < -0.39 is 6.04 Å². The van der Waals surface area contributed by atoms with Crippen LogP contribution in [0.4, 0.5) is 4.39 Å². The van der Waals surface area contributed by atoms with Crippen LogP contribution in [0.2, 0.25) is 0 Å². The summed E-state index contributed by atoms with van der Waals surface area (Å²) in [6.45, 7) is 2.18. The molecule has 0 amide bonds. The first-order valence-corrected chi connectivity index (χ1v) is 13.5. The molecule has 198 valence electrons. The first-order chi connectivity index (χ1) is 18.5. The van der Waals surface area contributed by atoms with Crippen molar-refractivity contribution in [2.24, 2.45) is 5.41 Å². The number of aromatic amines is 1. The molecule has 1 atom stereocenters. The van der Waals surface area contributed by atoms with Gasteiger partial charge in [-0.3, -0.25) is 9.69 Å². The number of rotatable bonds is 6. The summed E-state index contributed by atoms with van der Waals surface area (Å²) in [6.07, 6.45) is 8.59. The van der Waals surface area contributed by atoms with E-state index in [1.165, 1.54) is 50.7 Å². The number of pyridine rings is 1. The van der Waals surface area contributed by atoms with Crippen LogP contribution >= 0.6 is 0 Å². The molecule has 1 saturated heterocycles. The third-order valence-corrected chi connectivity index (χ3v) is 8.40. The van der Waals surface area contributed by atoms with Crippen LogP contribution in [0.1, 0.15) is 67.9 Å². The number of ether oxygens (including phenoxy) is 1. The van der Waals surface area contributed by atoms with Crippen molar-refractivity contribution in [3.63, 3.8) is 0 Å². The second-order valence-electron chi connectivity index (χ2n) is 10.9. The van der Waals surface area contributed by atoms with Crippen LogP contribution in [-0.2, 0) is 6.54 Å². The molecule has 1 aliphatic carbocycles. The van der Waals surface area contributed by atoms with Crippen molar-refractivity contribution in [2.75, 3.05) is 20.2 Å². The van der Waals surface area contributed by atoms with Gasteiger partial charge < -0.3 is 9.72 Å². The fraction of sp³-hybridized carbons (Fsp3) is 0.448. The zero-order chi connectivity index (χ0) is 26.1. The smallest absolute Gasteiger partial charge is 0.253 e. The molecule has 2 aromatic carbocycles. The SMILES string of the molecule is COc1ccc2cc([C@@H](c3nnnn3Cc3ccc(F)cc3)N3CCCC4(CCCCC4)C3)c(=O)[nH]c2c1. The summed E-state index contributed by atoms with van der Waals surface area (Å²) >= 11 is 0. The molecule has 38 heavy (non-hydrogen) atoms. The molecule has 1 spiro atoms. The molecular weight excluding hydrogens is 483 g/mol. The van der Waals surface area contributed by atoms with Gasteiger partial charge in [-0.25, -0.2) is 9.07 Å². The largest absolute Gasteiger partial charge is 0.497 e. The summed E-state index contributed by atoms with van der Waals surface area (Å²) in [6, 6.07) is 13.6. The van der Waals surface area contributed by atoms with Gasteiger partial charge in [0.15, 0.2) is 5.82 Å². The zero-order valence-corrected chi connectivity index (χ0v) is 21.7. The molecule has 8 nitrogen and oxygen atoms in total. The number of piperidine rings is 1. The fourth-order valence-corrected chi connectivity index (χ4v) is 6.49. The quantitative estimate of drug-likeness (QED) is 0.394. The number of hydrogen-bond acceptors (Lipinski definition) is 6. The molecule has 1 saturated carbocycles. The van der Waals surface area contributed by atoms with E-state index in [0.717, 1.165) is 36.0 Å². The molecular formula is C29H33FN6O2. The Morgan fingerprint density at radius 1 is 1.05 bits per heavy atom. The summed E-state index contributed by atoms with van der Waals surface area (Å²) in [5.41, 5.74) is 2.37. The van der Waals surface area contributed by atoms with Crippen LogP contribution in [0, 0.1) is 11.2 Å². The van der Waals surface area contributed by atoms with Gasteiger partial charge in [-0.05, 0) is 89.4 Å². The number of methoxy groups -OCH3 is 1. The Bertz CT molecular complexity index is 1470. The van der Waals surface area contributed by atoms with E-state index in [9.17, 15) is 9.18 Å². The molecule has 9 heteroatoms. The van der Waals surface area contributed by atoms with Crippen LogP contribution in [0.25, 0.3) is 10.9 Å². The molecule has 0 radical (unpaired) electrons. The summed E-state index contributed by atoms with van der Waals surface area (Å²) in [5.74, 6) is 1.03. The van der Waals surface area contributed by atoms with Gasteiger partial charge in [-0.15, -0.1) is 5.10 Å². The van der Waals surface area contributed by atoms with Gasteiger partial charge in [0.05, 0.1) is 19.2 Å². The van der Waals surface area contributed by atoms with Gasteiger partial charge in [-0.1, -0.05) is 31.4 Å². The van der Waals surface area contributed by atoms with Crippen molar-refractivity contribution in [1.82, 2.24) is 30.1 Å². The van der Waals surface area contributed by atoms with E-state index in [0.29, 0.717) is 23.7 Å². The monoisotopic (exact) mass is 516 g/mol.